The molecule has 4 rings (SSSR count). The molecule has 1 aromatic carbocycles. The summed E-state index contributed by atoms with van der Waals surface area (Å²) in [6, 6.07) is 11.1. The molecule has 3 heterocycles. The molecule has 1 aromatic heterocycles. The van der Waals surface area contributed by atoms with E-state index in [-0.39, 0.29) is 18.6 Å². The standard InChI is InChI=1S/C19H22N2O5/c22-19(18-13-25-16-4-1-2-5-17(16)26-18)20-12-14(15-6-3-9-24-15)21-7-10-23-11-8-21/h1-6,9,14,18H,7-8,10-13H2,(H,20,22). The molecule has 138 valence electrons. The van der Waals surface area contributed by atoms with E-state index in [4.69, 9.17) is 18.6 Å². The van der Waals surface area contributed by atoms with Crippen LogP contribution in [-0.4, -0.2) is 56.4 Å². The smallest absolute Gasteiger partial charge is 0.264 e. The fourth-order valence-corrected chi connectivity index (χ4v) is 3.24. The average Bonchev–Trinajstić information content (AvgIpc) is 3.23. The molecule has 1 fully saturated rings. The number of carbonyl (C=O) groups is 1. The van der Waals surface area contributed by atoms with Crippen LogP contribution in [-0.2, 0) is 9.53 Å². The van der Waals surface area contributed by atoms with Crippen molar-refractivity contribution in [1.29, 1.82) is 0 Å². The Bertz CT molecular complexity index is 727. The van der Waals surface area contributed by atoms with Crippen LogP contribution in [0.5, 0.6) is 11.5 Å². The molecule has 2 aliphatic rings. The number of para-hydroxylation sites is 2. The zero-order chi connectivity index (χ0) is 17.8. The van der Waals surface area contributed by atoms with Gasteiger partial charge in [0.2, 0.25) is 6.10 Å². The van der Waals surface area contributed by atoms with Gasteiger partial charge in [-0.2, -0.15) is 0 Å². The zero-order valence-electron chi connectivity index (χ0n) is 14.4. The molecule has 2 unspecified atom stereocenters. The van der Waals surface area contributed by atoms with Gasteiger partial charge in [0.25, 0.3) is 5.91 Å². The Morgan fingerprint density at radius 1 is 1.15 bits per heavy atom. The number of amides is 1. The van der Waals surface area contributed by atoms with E-state index in [1.165, 1.54) is 0 Å². The number of hydrogen-bond acceptors (Lipinski definition) is 6. The third-order valence-electron chi connectivity index (χ3n) is 4.63. The molecule has 0 aliphatic carbocycles. The molecule has 2 aliphatic heterocycles. The van der Waals surface area contributed by atoms with Gasteiger partial charge in [-0.15, -0.1) is 0 Å². The van der Waals surface area contributed by atoms with Crippen LogP contribution in [0.25, 0.3) is 0 Å². The monoisotopic (exact) mass is 358 g/mol. The van der Waals surface area contributed by atoms with Crippen molar-refractivity contribution in [2.45, 2.75) is 12.1 Å². The first-order valence-electron chi connectivity index (χ1n) is 8.82. The number of nitrogens with zero attached hydrogens (tertiary/aromatic N) is 1. The van der Waals surface area contributed by atoms with Crippen molar-refractivity contribution in [2.24, 2.45) is 0 Å². The molecular formula is C19H22N2O5. The Morgan fingerprint density at radius 2 is 1.96 bits per heavy atom. The Labute approximate surface area is 151 Å². The van der Waals surface area contributed by atoms with Crippen molar-refractivity contribution in [1.82, 2.24) is 10.2 Å². The predicted octanol–water partition coefficient (Wildman–Crippen LogP) is 1.61. The Balaban J connectivity index is 1.39. The second-order valence-corrected chi connectivity index (χ2v) is 6.29. The van der Waals surface area contributed by atoms with Crippen molar-refractivity contribution in [3.8, 4) is 11.5 Å². The van der Waals surface area contributed by atoms with Crippen LogP contribution in [0, 0.1) is 0 Å². The maximum Gasteiger partial charge on any atom is 0.264 e. The fourth-order valence-electron chi connectivity index (χ4n) is 3.24. The van der Waals surface area contributed by atoms with Crippen molar-refractivity contribution >= 4 is 5.91 Å². The van der Waals surface area contributed by atoms with Crippen molar-refractivity contribution < 1.29 is 23.4 Å². The molecule has 1 N–H and O–H groups in total. The van der Waals surface area contributed by atoms with E-state index < -0.39 is 6.10 Å². The lowest BCUT2D eigenvalue weighted by molar-refractivity contribution is -0.130. The maximum atomic E-state index is 12.6. The lowest BCUT2D eigenvalue weighted by atomic mass is 10.1. The minimum Gasteiger partial charge on any atom is -0.485 e. The first-order valence-corrected chi connectivity index (χ1v) is 8.82. The summed E-state index contributed by atoms with van der Waals surface area (Å²) in [6.45, 7) is 3.61. The van der Waals surface area contributed by atoms with Crippen LogP contribution in [0.1, 0.15) is 11.8 Å². The van der Waals surface area contributed by atoms with Crippen LogP contribution in [0.2, 0.25) is 0 Å². The van der Waals surface area contributed by atoms with Gasteiger partial charge in [-0.25, -0.2) is 0 Å². The Morgan fingerprint density at radius 3 is 2.73 bits per heavy atom. The first kappa shape index (κ1) is 16.9. The van der Waals surface area contributed by atoms with Gasteiger partial charge in [0, 0.05) is 19.6 Å². The molecule has 7 nitrogen and oxygen atoms in total. The third kappa shape index (κ3) is 3.68. The van der Waals surface area contributed by atoms with Crippen molar-refractivity contribution in [3.63, 3.8) is 0 Å². The largest absolute Gasteiger partial charge is 0.485 e. The van der Waals surface area contributed by atoms with Crippen molar-refractivity contribution in [2.75, 3.05) is 39.5 Å². The summed E-state index contributed by atoms with van der Waals surface area (Å²) in [5, 5.41) is 2.98. The number of furan rings is 1. The van der Waals surface area contributed by atoms with Crippen LogP contribution >= 0.6 is 0 Å². The highest BCUT2D eigenvalue weighted by atomic mass is 16.6. The van der Waals surface area contributed by atoms with E-state index in [2.05, 4.69) is 10.2 Å². The quantitative estimate of drug-likeness (QED) is 0.875. The second kappa shape index (κ2) is 7.80. The molecule has 0 radical (unpaired) electrons. The normalized spacial score (nSPS) is 21.2. The fraction of sp³-hybridized carbons (Fsp3) is 0.421. The third-order valence-corrected chi connectivity index (χ3v) is 4.63. The van der Waals surface area contributed by atoms with Gasteiger partial charge in [0.05, 0.1) is 25.5 Å². The number of rotatable bonds is 5. The number of hydrogen-bond donors (Lipinski definition) is 1. The highest BCUT2D eigenvalue weighted by molar-refractivity contribution is 5.81. The van der Waals surface area contributed by atoms with Crippen LogP contribution in [0.15, 0.2) is 47.1 Å². The van der Waals surface area contributed by atoms with Gasteiger partial charge in [-0.3, -0.25) is 9.69 Å². The molecule has 0 spiro atoms. The molecule has 1 saturated heterocycles. The molecule has 2 atom stereocenters. The first-order chi connectivity index (χ1) is 12.8. The molecule has 7 heteroatoms. The second-order valence-electron chi connectivity index (χ2n) is 6.29. The van der Waals surface area contributed by atoms with E-state index >= 15 is 0 Å². The summed E-state index contributed by atoms with van der Waals surface area (Å²) in [4.78, 5) is 14.8. The number of fused-ring (bicyclic) bond motifs is 1. The maximum absolute atomic E-state index is 12.6. The molecule has 2 aromatic rings. The molecular weight excluding hydrogens is 336 g/mol. The number of nitrogens with one attached hydrogen (secondary N) is 1. The summed E-state index contributed by atoms with van der Waals surface area (Å²) in [5.74, 6) is 1.90. The molecule has 0 saturated carbocycles. The van der Waals surface area contributed by atoms with Crippen LogP contribution in [0.3, 0.4) is 0 Å². The number of ether oxygens (including phenoxy) is 3. The summed E-state index contributed by atoms with van der Waals surface area (Å²) in [5.41, 5.74) is 0. The number of carbonyl (C=O) groups excluding carboxylic acids is 1. The topological polar surface area (TPSA) is 73.2 Å². The van der Waals surface area contributed by atoms with Gasteiger partial charge < -0.3 is 23.9 Å². The Hall–Kier alpha value is -2.51. The van der Waals surface area contributed by atoms with E-state index in [1.54, 1.807) is 12.3 Å². The Kier molecular flexibility index (Phi) is 5.08. The van der Waals surface area contributed by atoms with Crippen molar-refractivity contribution in [3.05, 3.63) is 48.4 Å². The predicted molar refractivity (Wildman–Crippen MR) is 93.2 cm³/mol. The summed E-state index contributed by atoms with van der Waals surface area (Å²) in [6.07, 6.45) is 0.992. The van der Waals surface area contributed by atoms with E-state index in [0.717, 1.165) is 18.8 Å². The van der Waals surface area contributed by atoms with Gasteiger partial charge in [0.1, 0.15) is 12.4 Å². The molecule has 26 heavy (non-hydrogen) atoms. The minimum atomic E-state index is -0.660. The van der Waals surface area contributed by atoms with Crippen LogP contribution < -0.4 is 14.8 Å². The highest BCUT2D eigenvalue weighted by Gasteiger charge is 2.30. The molecule has 0 bridgehead atoms. The highest BCUT2D eigenvalue weighted by Crippen LogP contribution is 2.31. The average molecular weight is 358 g/mol. The van der Waals surface area contributed by atoms with Gasteiger partial charge in [-0.1, -0.05) is 12.1 Å². The number of morpholine rings is 1. The summed E-state index contributed by atoms with van der Waals surface area (Å²) >= 11 is 0. The number of benzene rings is 1. The van der Waals surface area contributed by atoms with Crippen LogP contribution in [0.4, 0.5) is 0 Å². The molecule has 1 amide bonds. The SMILES string of the molecule is O=C(NCC(c1ccco1)N1CCOCC1)C1COc2ccccc2O1. The zero-order valence-corrected chi connectivity index (χ0v) is 14.4. The van der Waals surface area contributed by atoms with Gasteiger partial charge in [-0.05, 0) is 24.3 Å². The lowest BCUT2D eigenvalue weighted by Crippen LogP contribution is -2.48. The minimum absolute atomic E-state index is 0.0327. The van der Waals surface area contributed by atoms with Gasteiger partial charge in [0.15, 0.2) is 11.5 Å². The van der Waals surface area contributed by atoms with E-state index in [0.29, 0.717) is 31.3 Å². The lowest BCUT2D eigenvalue weighted by Gasteiger charge is -2.34. The van der Waals surface area contributed by atoms with E-state index in [1.807, 2.05) is 30.3 Å². The van der Waals surface area contributed by atoms with E-state index in [9.17, 15) is 4.79 Å². The summed E-state index contributed by atoms with van der Waals surface area (Å²) in [7, 11) is 0. The van der Waals surface area contributed by atoms with Gasteiger partial charge >= 0.3 is 0 Å². The summed E-state index contributed by atoms with van der Waals surface area (Å²) < 4.78 is 22.4.